The Morgan fingerprint density at radius 2 is 1.61 bits per heavy atom. The smallest absolute Gasteiger partial charge is 0.128 e. The number of halogens is 4. The largest absolute Gasteiger partial charge is 0.380 e. The monoisotopic (exact) mass is 435 g/mol. The second-order valence-electron chi connectivity index (χ2n) is 3.71. The SMILES string of the molecule is Fc1ccc(Br)cc1CNc1ccc(Br)cc1Br. The van der Waals surface area contributed by atoms with Gasteiger partial charge in [0.2, 0.25) is 0 Å². The van der Waals surface area contributed by atoms with Crippen LogP contribution in [0.15, 0.2) is 49.8 Å². The molecule has 5 heteroatoms. The first kappa shape index (κ1) is 14.0. The van der Waals surface area contributed by atoms with Crippen LogP contribution in [0, 0.1) is 5.82 Å². The predicted octanol–water partition coefficient (Wildman–Crippen LogP) is 5.73. The minimum atomic E-state index is -0.209. The number of nitrogens with one attached hydrogen (secondary N) is 1. The summed E-state index contributed by atoms with van der Waals surface area (Å²) in [7, 11) is 0. The van der Waals surface area contributed by atoms with Crippen molar-refractivity contribution in [1.82, 2.24) is 0 Å². The van der Waals surface area contributed by atoms with Crippen molar-refractivity contribution in [3.05, 3.63) is 61.2 Å². The summed E-state index contributed by atoms with van der Waals surface area (Å²) in [4.78, 5) is 0. The molecule has 94 valence electrons. The topological polar surface area (TPSA) is 12.0 Å². The lowest BCUT2D eigenvalue weighted by Gasteiger charge is -2.10. The Labute approximate surface area is 130 Å². The van der Waals surface area contributed by atoms with Crippen LogP contribution in [0.3, 0.4) is 0 Å². The molecule has 0 heterocycles. The number of anilines is 1. The second-order valence-corrected chi connectivity index (χ2v) is 6.40. The van der Waals surface area contributed by atoms with Crippen molar-refractivity contribution in [2.24, 2.45) is 0 Å². The van der Waals surface area contributed by atoms with Crippen LogP contribution >= 0.6 is 47.8 Å². The van der Waals surface area contributed by atoms with Crippen LogP contribution in [0.4, 0.5) is 10.1 Å². The summed E-state index contributed by atoms with van der Waals surface area (Å²) in [6, 6.07) is 10.7. The van der Waals surface area contributed by atoms with Crippen LogP contribution < -0.4 is 5.32 Å². The average molecular weight is 438 g/mol. The minimum Gasteiger partial charge on any atom is -0.380 e. The molecule has 0 aromatic heterocycles. The fourth-order valence-electron chi connectivity index (χ4n) is 1.50. The van der Waals surface area contributed by atoms with Crippen molar-refractivity contribution in [3.8, 4) is 0 Å². The summed E-state index contributed by atoms with van der Waals surface area (Å²) in [6.07, 6.45) is 0. The molecule has 0 aliphatic heterocycles. The van der Waals surface area contributed by atoms with E-state index in [1.54, 1.807) is 12.1 Å². The highest BCUT2D eigenvalue weighted by molar-refractivity contribution is 9.11. The van der Waals surface area contributed by atoms with Gasteiger partial charge >= 0.3 is 0 Å². The lowest BCUT2D eigenvalue weighted by atomic mass is 10.2. The first-order chi connectivity index (χ1) is 8.56. The highest BCUT2D eigenvalue weighted by Gasteiger charge is 2.04. The summed E-state index contributed by atoms with van der Waals surface area (Å²) in [5.41, 5.74) is 1.55. The third-order valence-electron chi connectivity index (χ3n) is 2.41. The van der Waals surface area contributed by atoms with E-state index in [2.05, 4.69) is 53.1 Å². The van der Waals surface area contributed by atoms with Crippen molar-refractivity contribution in [2.45, 2.75) is 6.54 Å². The maximum absolute atomic E-state index is 13.6. The Hall–Kier alpha value is -0.390. The van der Waals surface area contributed by atoms with Crippen LogP contribution in [0.1, 0.15) is 5.56 Å². The molecule has 0 bridgehead atoms. The molecule has 0 atom stereocenters. The highest BCUT2D eigenvalue weighted by Crippen LogP contribution is 2.27. The molecular formula is C13H9Br3FN. The maximum atomic E-state index is 13.6. The first-order valence-electron chi connectivity index (χ1n) is 5.19. The number of hydrogen-bond donors (Lipinski definition) is 1. The lowest BCUT2D eigenvalue weighted by molar-refractivity contribution is 0.612. The van der Waals surface area contributed by atoms with Crippen molar-refractivity contribution >= 4 is 53.5 Å². The summed E-state index contributed by atoms with van der Waals surface area (Å²) < 4.78 is 16.4. The quantitative estimate of drug-likeness (QED) is 0.647. The van der Waals surface area contributed by atoms with E-state index in [4.69, 9.17) is 0 Å². The fourth-order valence-corrected chi connectivity index (χ4v) is 3.10. The van der Waals surface area contributed by atoms with Gasteiger partial charge in [0.05, 0.1) is 0 Å². The normalized spacial score (nSPS) is 10.4. The summed E-state index contributed by atoms with van der Waals surface area (Å²) in [5, 5.41) is 3.20. The van der Waals surface area contributed by atoms with Gasteiger partial charge < -0.3 is 5.32 Å². The van der Waals surface area contributed by atoms with E-state index in [0.717, 1.165) is 19.1 Å². The van der Waals surface area contributed by atoms with E-state index in [0.29, 0.717) is 12.1 Å². The first-order valence-corrected chi connectivity index (χ1v) is 7.57. The summed E-state index contributed by atoms with van der Waals surface area (Å²) in [6.45, 7) is 0.436. The zero-order valence-electron chi connectivity index (χ0n) is 9.18. The number of benzene rings is 2. The molecule has 0 saturated heterocycles. The molecular weight excluding hydrogens is 429 g/mol. The van der Waals surface area contributed by atoms with Gasteiger partial charge in [0.25, 0.3) is 0 Å². The Morgan fingerprint density at radius 1 is 0.944 bits per heavy atom. The van der Waals surface area contributed by atoms with Gasteiger partial charge in [-0.3, -0.25) is 0 Å². The Bertz CT molecular complexity index is 572. The van der Waals surface area contributed by atoms with Crippen molar-refractivity contribution in [2.75, 3.05) is 5.32 Å². The van der Waals surface area contributed by atoms with E-state index < -0.39 is 0 Å². The van der Waals surface area contributed by atoms with E-state index in [-0.39, 0.29) is 5.82 Å². The molecule has 18 heavy (non-hydrogen) atoms. The molecule has 1 N–H and O–H groups in total. The molecule has 0 unspecified atom stereocenters. The Morgan fingerprint density at radius 3 is 2.33 bits per heavy atom. The number of rotatable bonds is 3. The Kier molecular flexibility index (Phi) is 4.81. The fraction of sp³-hybridized carbons (Fsp3) is 0.0769. The molecule has 0 fully saturated rings. The maximum Gasteiger partial charge on any atom is 0.128 e. The van der Waals surface area contributed by atoms with Crippen LogP contribution in [0.2, 0.25) is 0 Å². The third kappa shape index (κ3) is 3.56. The van der Waals surface area contributed by atoms with E-state index >= 15 is 0 Å². The molecule has 1 nitrogen and oxygen atoms in total. The molecule has 0 aliphatic rings. The van der Waals surface area contributed by atoms with Gasteiger partial charge in [0, 0.05) is 31.2 Å². The van der Waals surface area contributed by atoms with Gasteiger partial charge in [-0.25, -0.2) is 4.39 Å². The zero-order chi connectivity index (χ0) is 13.1. The van der Waals surface area contributed by atoms with E-state index in [1.165, 1.54) is 6.07 Å². The molecule has 2 aromatic carbocycles. The zero-order valence-corrected chi connectivity index (χ0v) is 13.9. The lowest BCUT2D eigenvalue weighted by Crippen LogP contribution is -2.02. The van der Waals surface area contributed by atoms with Gasteiger partial charge in [-0.05, 0) is 52.3 Å². The van der Waals surface area contributed by atoms with Crippen LogP contribution in [0.5, 0.6) is 0 Å². The number of hydrogen-bond acceptors (Lipinski definition) is 1. The van der Waals surface area contributed by atoms with Crippen molar-refractivity contribution in [3.63, 3.8) is 0 Å². The van der Waals surface area contributed by atoms with Gasteiger partial charge in [0.15, 0.2) is 0 Å². The van der Waals surface area contributed by atoms with Gasteiger partial charge in [-0.2, -0.15) is 0 Å². The molecule has 0 aliphatic carbocycles. The molecule has 0 radical (unpaired) electrons. The average Bonchev–Trinajstić information content (AvgIpc) is 2.32. The molecule has 2 aromatic rings. The highest BCUT2D eigenvalue weighted by atomic mass is 79.9. The summed E-state index contributed by atoms with van der Waals surface area (Å²) in [5.74, 6) is -0.209. The van der Waals surface area contributed by atoms with Gasteiger partial charge in [0.1, 0.15) is 5.82 Å². The van der Waals surface area contributed by atoms with E-state index in [9.17, 15) is 4.39 Å². The molecule has 0 amide bonds. The van der Waals surface area contributed by atoms with Crippen LogP contribution in [-0.2, 0) is 6.54 Å². The van der Waals surface area contributed by atoms with Crippen molar-refractivity contribution in [1.29, 1.82) is 0 Å². The second kappa shape index (κ2) is 6.17. The molecule has 0 saturated carbocycles. The van der Waals surface area contributed by atoms with Gasteiger partial charge in [-0.1, -0.05) is 31.9 Å². The molecule has 0 spiro atoms. The minimum absolute atomic E-state index is 0.209. The predicted molar refractivity (Wildman–Crippen MR) is 83.3 cm³/mol. The van der Waals surface area contributed by atoms with E-state index in [1.807, 2.05) is 18.2 Å². The molecule has 2 rings (SSSR count). The van der Waals surface area contributed by atoms with Gasteiger partial charge in [-0.15, -0.1) is 0 Å². The standard InChI is InChI=1S/C13H9Br3FN/c14-9-1-3-12(17)8(5-9)7-18-13-4-2-10(15)6-11(13)16/h1-6,18H,7H2. The van der Waals surface area contributed by atoms with Crippen molar-refractivity contribution < 1.29 is 4.39 Å². The van der Waals surface area contributed by atoms with Crippen LogP contribution in [-0.4, -0.2) is 0 Å². The third-order valence-corrected chi connectivity index (χ3v) is 4.05. The van der Waals surface area contributed by atoms with Crippen LogP contribution in [0.25, 0.3) is 0 Å². The summed E-state index contributed by atoms with van der Waals surface area (Å²) >= 11 is 10.2. The Balaban J connectivity index is 2.13.